The number of ketones is 1. The van der Waals surface area contributed by atoms with Gasteiger partial charge in [0.05, 0.1) is 13.2 Å². The highest BCUT2D eigenvalue weighted by Gasteiger charge is 2.02. The van der Waals surface area contributed by atoms with E-state index in [1.807, 2.05) is 0 Å². The number of hydrogen-bond donors (Lipinski definition) is 2. The average Bonchev–Trinajstić information content (AvgIpc) is 2.38. The lowest BCUT2D eigenvalue weighted by Crippen LogP contribution is -2.33. The lowest BCUT2D eigenvalue weighted by molar-refractivity contribution is -0.126. The molecular formula is C12H22N2O6. The van der Waals surface area contributed by atoms with Crippen molar-refractivity contribution in [2.45, 2.75) is 6.92 Å². The number of methoxy groups -OCH3 is 1. The number of ether oxygens (including phenoxy) is 3. The smallest absolute Gasteiger partial charge is 0.246 e. The molecule has 116 valence electrons. The Morgan fingerprint density at radius 2 is 1.35 bits per heavy atom. The minimum absolute atomic E-state index is 0.000743. The molecular weight excluding hydrogens is 268 g/mol. The van der Waals surface area contributed by atoms with Gasteiger partial charge in [-0.2, -0.15) is 0 Å². The lowest BCUT2D eigenvalue weighted by Gasteiger charge is -2.07. The van der Waals surface area contributed by atoms with Crippen molar-refractivity contribution in [2.24, 2.45) is 0 Å². The van der Waals surface area contributed by atoms with Crippen LogP contribution in [0.1, 0.15) is 6.92 Å². The van der Waals surface area contributed by atoms with E-state index in [1.54, 1.807) is 0 Å². The van der Waals surface area contributed by atoms with E-state index in [1.165, 1.54) is 14.0 Å². The van der Waals surface area contributed by atoms with Crippen LogP contribution in [0.4, 0.5) is 0 Å². The highest BCUT2D eigenvalue weighted by Crippen LogP contribution is 1.78. The van der Waals surface area contributed by atoms with Gasteiger partial charge in [-0.15, -0.1) is 0 Å². The molecule has 0 aliphatic carbocycles. The Bertz CT molecular complexity index is 308. The molecule has 2 N–H and O–H groups in total. The summed E-state index contributed by atoms with van der Waals surface area (Å²) in [5.41, 5.74) is 0. The van der Waals surface area contributed by atoms with Crippen LogP contribution < -0.4 is 10.6 Å². The van der Waals surface area contributed by atoms with Gasteiger partial charge in [0.1, 0.15) is 19.8 Å². The van der Waals surface area contributed by atoms with Crippen LogP contribution in [-0.2, 0) is 28.6 Å². The van der Waals surface area contributed by atoms with Crippen molar-refractivity contribution in [3.63, 3.8) is 0 Å². The van der Waals surface area contributed by atoms with Gasteiger partial charge in [-0.1, -0.05) is 0 Å². The van der Waals surface area contributed by atoms with Crippen molar-refractivity contribution in [1.29, 1.82) is 0 Å². The Labute approximate surface area is 118 Å². The summed E-state index contributed by atoms with van der Waals surface area (Å²) in [7, 11) is 1.43. The second kappa shape index (κ2) is 12.5. The normalized spacial score (nSPS) is 10.1. The Balaban J connectivity index is 3.32. The molecule has 0 atom stereocenters. The summed E-state index contributed by atoms with van der Waals surface area (Å²) in [6.45, 7) is 2.54. The van der Waals surface area contributed by atoms with Crippen LogP contribution in [0.2, 0.25) is 0 Å². The van der Waals surface area contributed by atoms with E-state index in [4.69, 9.17) is 9.47 Å². The fraction of sp³-hybridized carbons (Fsp3) is 0.750. The van der Waals surface area contributed by atoms with Gasteiger partial charge in [0.25, 0.3) is 0 Å². The van der Waals surface area contributed by atoms with Gasteiger partial charge in [0, 0.05) is 20.2 Å². The maximum absolute atomic E-state index is 11.3. The molecule has 0 saturated heterocycles. The molecule has 0 radical (unpaired) electrons. The predicted molar refractivity (Wildman–Crippen MR) is 70.2 cm³/mol. The quantitative estimate of drug-likeness (QED) is 0.423. The molecule has 0 aliphatic heterocycles. The van der Waals surface area contributed by atoms with E-state index in [2.05, 4.69) is 15.4 Å². The second-order valence-corrected chi connectivity index (χ2v) is 3.94. The van der Waals surface area contributed by atoms with Crippen LogP contribution in [0.5, 0.6) is 0 Å². The molecule has 8 nitrogen and oxygen atoms in total. The number of Topliss-reactive ketones (excluding diaryl/α,β-unsaturated/α-hetero) is 1. The Morgan fingerprint density at radius 3 is 1.85 bits per heavy atom. The molecule has 0 spiro atoms. The third-order valence-electron chi connectivity index (χ3n) is 1.95. The zero-order chi connectivity index (χ0) is 15.2. The summed E-state index contributed by atoms with van der Waals surface area (Å²) in [5.74, 6) is -0.571. The zero-order valence-corrected chi connectivity index (χ0v) is 11.9. The van der Waals surface area contributed by atoms with Crippen molar-refractivity contribution < 1.29 is 28.6 Å². The number of nitrogens with one attached hydrogen (secondary N) is 2. The van der Waals surface area contributed by atoms with E-state index in [-0.39, 0.29) is 50.6 Å². The fourth-order valence-corrected chi connectivity index (χ4v) is 1.14. The highest BCUT2D eigenvalue weighted by molar-refractivity contribution is 5.77. The third-order valence-corrected chi connectivity index (χ3v) is 1.95. The molecule has 0 heterocycles. The Morgan fingerprint density at radius 1 is 0.850 bits per heavy atom. The van der Waals surface area contributed by atoms with Gasteiger partial charge < -0.3 is 24.8 Å². The van der Waals surface area contributed by atoms with Crippen molar-refractivity contribution in [2.75, 3.05) is 53.2 Å². The molecule has 0 rings (SSSR count). The monoisotopic (exact) mass is 290 g/mol. The molecule has 0 saturated carbocycles. The largest absolute Gasteiger partial charge is 0.375 e. The first-order chi connectivity index (χ1) is 9.56. The number of hydrogen-bond acceptors (Lipinski definition) is 6. The Hall–Kier alpha value is -1.51. The van der Waals surface area contributed by atoms with Crippen LogP contribution in [0.25, 0.3) is 0 Å². The van der Waals surface area contributed by atoms with Crippen molar-refractivity contribution in [1.82, 2.24) is 10.6 Å². The molecule has 0 fully saturated rings. The third kappa shape index (κ3) is 12.9. The molecule has 0 aromatic heterocycles. The van der Waals surface area contributed by atoms with Crippen molar-refractivity contribution in [3.8, 4) is 0 Å². The first kappa shape index (κ1) is 18.5. The summed E-state index contributed by atoms with van der Waals surface area (Å²) >= 11 is 0. The maximum atomic E-state index is 11.3. The number of amides is 2. The summed E-state index contributed by atoms with van der Waals surface area (Å²) in [6.07, 6.45) is 0. The summed E-state index contributed by atoms with van der Waals surface area (Å²) in [5, 5.41) is 5.12. The lowest BCUT2D eigenvalue weighted by atomic mass is 10.5. The van der Waals surface area contributed by atoms with Gasteiger partial charge in [-0.25, -0.2) is 0 Å². The van der Waals surface area contributed by atoms with Crippen molar-refractivity contribution in [3.05, 3.63) is 0 Å². The van der Waals surface area contributed by atoms with E-state index in [0.29, 0.717) is 13.1 Å². The molecule has 0 aromatic carbocycles. The first-order valence-electron chi connectivity index (χ1n) is 6.23. The minimum atomic E-state index is -0.278. The van der Waals surface area contributed by atoms with Gasteiger partial charge in [0.15, 0.2) is 5.78 Å². The molecule has 2 amide bonds. The Kier molecular flexibility index (Phi) is 11.6. The molecule has 0 bridgehead atoms. The minimum Gasteiger partial charge on any atom is -0.375 e. The number of rotatable bonds is 12. The van der Waals surface area contributed by atoms with Crippen LogP contribution >= 0.6 is 0 Å². The number of carbonyl (C=O) groups excluding carboxylic acids is 3. The topological polar surface area (TPSA) is 103 Å². The van der Waals surface area contributed by atoms with Crippen LogP contribution in [0, 0.1) is 0 Å². The highest BCUT2D eigenvalue weighted by atomic mass is 16.5. The van der Waals surface area contributed by atoms with E-state index in [0.717, 1.165) is 0 Å². The average molecular weight is 290 g/mol. The number of carbonyl (C=O) groups is 3. The summed E-state index contributed by atoms with van der Waals surface area (Å²) < 4.78 is 14.7. The van der Waals surface area contributed by atoms with E-state index >= 15 is 0 Å². The molecule has 0 aromatic rings. The molecule has 0 unspecified atom stereocenters. The fourth-order valence-electron chi connectivity index (χ4n) is 1.14. The van der Waals surface area contributed by atoms with Gasteiger partial charge >= 0.3 is 0 Å². The van der Waals surface area contributed by atoms with Gasteiger partial charge in [-0.3, -0.25) is 14.4 Å². The van der Waals surface area contributed by atoms with Crippen LogP contribution in [0.15, 0.2) is 0 Å². The molecule has 0 aliphatic rings. The molecule has 20 heavy (non-hydrogen) atoms. The van der Waals surface area contributed by atoms with E-state index < -0.39 is 0 Å². The van der Waals surface area contributed by atoms with Crippen LogP contribution in [0.3, 0.4) is 0 Å². The standard InChI is InChI=1S/C12H22N2O6/c1-10(15)7-19-5-3-14-12(17)9-20-6-4-13-11(16)8-18-2/h3-9H2,1-2H3,(H,13,16)(H,14,17). The SMILES string of the molecule is COCC(=O)NCCOCC(=O)NCCOCC(C)=O. The molecule has 8 heteroatoms. The van der Waals surface area contributed by atoms with Gasteiger partial charge in [0.2, 0.25) is 11.8 Å². The van der Waals surface area contributed by atoms with Crippen LogP contribution in [-0.4, -0.2) is 70.8 Å². The summed E-state index contributed by atoms with van der Waals surface area (Å²) in [4.78, 5) is 32.8. The zero-order valence-electron chi connectivity index (χ0n) is 11.9. The second-order valence-electron chi connectivity index (χ2n) is 3.94. The maximum Gasteiger partial charge on any atom is 0.246 e. The predicted octanol–water partition coefficient (Wildman–Crippen LogP) is -1.51. The van der Waals surface area contributed by atoms with Crippen molar-refractivity contribution >= 4 is 17.6 Å². The van der Waals surface area contributed by atoms with Gasteiger partial charge in [-0.05, 0) is 6.92 Å². The van der Waals surface area contributed by atoms with E-state index in [9.17, 15) is 14.4 Å². The first-order valence-corrected chi connectivity index (χ1v) is 6.23. The summed E-state index contributed by atoms with van der Waals surface area (Å²) in [6, 6.07) is 0.